The molecule has 0 aliphatic heterocycles. The number of rotatable bonds is 17. The van der Waals surface area contributed by atoms with E-state index in [4.69, 9.17) is 9.47 Å². The van der Waals surface area contributed by atoms with Crippen molar-refractivity contribution >= 4 is 24.0 Å². The summed E-state index contributed by atoms with van der Waals surface area (Å²) in [7, 11) is 0. The number of carboxylic acid groups (broad SMARTS) is 2. The minimum atomic E-state index is -0.744. The van der Waals surface area contributed by atoms with Crippen LogP contribution in [0.2, 0.25) is 0 Å². The SMILES string of the molecule is C[C@@]12CCC[C@](C)(C(=O)O)[C@H]1CCc1ccc(OC(=O)CCCNCCCCNCCCNC(=O)Oc3ccc4c(c3)[C@@]3(C)CCC[C@](C)(C(=O)O)[C@@H]3CC4)cc12. The summed E-state index contributed by atoms with van der Waals surface area (Å²) in [6, 6.07) is 11.8. The molecule has 0 aromatic heterocycles. The molecule has 11 heteroatoms. The zero-order valence-electron chi connectivity index (χ0n) is 34.6. The van der Waals surface area contributed by atoms with Crippen molar-refractivity contribution in [3.63, 3.8) is 0 Å². The summed E-state index contributed by atoms with van der Waals surface area (Å²) in [4.78, 5) is 49.9. The summed E-state index contributed by atoms with van der Waals surface area (Å²) in [6.45, 7) is 12.0. The molecule has 0 bridgehead atoms. The van der Waals surface area contributed by atoms with Gasteiger partial charge < -0.3 is 35.6 Å². The Labute approximate surface area is 338 Å². The maximum absolute atomic E-state index is 12.7. The number of carbonyl (C=O) groups excluding carboxylic acids is 2. The first-order valence-corrected chi connectivity index (χ1v) is 21.5. The molecule has 0 saturated heterocycles. The normalized spacial score (nSPS) is 28.8. The Balaban J connectivity index is 0.806. The highest BCUT2D eigenvalue weighted by molar-refractivity contribution is 5.76. The number of aliphatic carboxylic acids is 2. The predicted molar refractivity (Wildman–Crippen MR) is 219 cm³/mol. The standard InChI is InChI=1S/C46H65N3O8/c1-43-20-8-22-45(3,40(51)52)37(43)18-14-31-12-16-33(29-35(31)43)56-39(50)11-7-26-47-24-5-6-25-48-27-10-28-49-42(55)57-34-17-13-32-15-19-38-44(2,36(32)30-34)21-9-23-46(38,4)41(53)54/h12-13,16-17,29-30,37-38,47-48H,5-11,14-15,18-28H2,1-4H3,(H,49,55)(H,51,52)(H,53,54)/t37-,38+,43-,44+,45-,46-/m0/s1. The molecule has 2 aromatic rings. The quantitative estimate of drug-likeness (QED) is 0.0610. The van der Waals surface area contributed by atoms with E-state index in [1.54, 1.807) is 0 Å². The van der Waals surface area contributed by atoms with E-state index in [9.17, 15) is 29.4 Å². The highest BCUT2D eigenvalue weighted by atomic mass is 16.6. The van der Waals surface area contributed by atoms with E-state index in [1.165, 1.54) is 11.1 Å². The fraction of sp³-hybridized carbons (Fsp3) is 0.652. The molecule has 2 fully saturated rings. The number of amides is 1. The predicted octanol–water partition coefficient (Wildman–Crippen LogP) is 7.70. The number of esters is 1. The van der Waals surface area contributed by atoms with E-state index >= 15 is 0 Å². The molecule has 0 heterocycles. The molecule has 6 rings (SSSR count). The summed E-state index contributed by atoms with van der Waals surface area (Å²) in [5.74, 6) is -0.528. The van der Waals surface area contributed by atoms with E-state index in [0.29, 0.717) is 43.7 Å². The summed E-state index contributed by atoms with van der Waals surface area (Å²) in [6.07, 6.45) is 11.8. The van der Waals surface area contributed by atoms with E-state index in [0.717, 1.165) is 108 Å². The Kier molecular flexibility index (Phi) is 13.4. The molecule has 2 saturated carbocycles. The first kappa shape index (κ1) is 42.6. The number of nitrogens with one attached hydrogen (secondary N) is 3. The maximum atomic E-state index is 12.7. The van der Waals surface area contributed by atoms with Crippen molar-refractivity contribution in [2.75, 3.05) is 32.7 Å². The Morgan fingerprint density at radius 3 is 1.61 bits per heavy atom. The zero-order valence-corrected chi connectivity index (χ0v) is 34.6. The number of fused-ring (bicyclic) bond motifs is 6. The van der Waals surface area contributed by atoms with E-state index < -0.39 is 28.9 Å². The lowest BCUT2D eigenvalue weighted by Gasteiger charge is -2.53. The largest absolute Gasteiger partial charge is 0.481 e. The van der Waals surface area contributed by atoms with Crippen molar-refractivity contribution < 1.29 is 38.9 Å². The first-order chi connectivity index (χ1) is 27.2. The smallest absolute Gasteiger partial charge is 0.412 e. The molecule has 0 unspecified atom stereocenters. The van der Waals surface area contributed by atoms with Gasteiger partial charge in [-0.25, -0.2) is 4.79 Å². The molecule has 11 nitrogen and oxygen atoms in total. The number of unbranched alkanes of at least 4 members (excludes halogenated alkanes) is 1. The van der Waals surface area contributed by atoms with Gasteiger partial charge in [0.15, 0.2) is 0 Å². The molecule has 4 aliphatic carbocycles. The van der Waals surface area contributed by atoms with Gasteiger partial charge in [-0.2, -0.15) is 0 Å². The van der Waals surface area contributed by atoms with Gasteiger partial charge in [0.2, 0.25) is 0 Å². The Morgan fingerprint density at radius 1 is 0.632 bits per heavy atom. The number of benzene rings is 2. The fourth-order valence-electron chi connectivity index (χ4n) is 11.4. The first-order valence-electron chi connectivity index (χ1n) is 21.5. The van der Waals surface area contributed by atoms with Crippen LogP contribution >= 0.6 is 0 Å². The molecule has 312 valence electrons. The van der Waals surface area contributed by atoms with Crippen LogP contribution in [0.5, 0.6) is 11.5 Å². The third-order valence-electron chi connectivity index (χ3n) is 14.6. The fourth-order valence-corrected chi connectivity index (χ4v) is 11.4. The van der Waals surface area contributed by atoms with Crippen LogP contribution < -0.4 is 25.4 Å². The van der Waals surface area contributed by atoms with Crippen molar-refractivity contribution in [2.45, 2.75) is 135 Å². The third kappa shape index (κ3) is 9.04. The van der Waals surface area contributed by atoms with Crippen LogP contribution in [0.4, 0.5) is 4.79 Å². The average molecular weight is 788 g/mol. The van der Waals surface area contributed by atoms with Gasteiger partial charge in [-0.1, -0.05) is 38.8 Å². The monoisotopic (exact) mass is 787 g/mol. The molecular weight excluding hydrogens is 723 g/mol. The number of hydrogen-bond acceptors (Lipinski definition) is 8. The van der Waals surface area contributed by atoms with E-state index in [2.05, 4.69) is 35.9 Å². The number of carbonyl (C=O) groups is 4. The van der Waals surface area contributed by atoms with Crippen molar-refractivity contribution in [3.8, 4) is 11.5 Å². The number of ether oxygens (including phenoxy) is 2. The molecule has 5 N–H and O–H groups in total. The van der Waals surface area contributed by atoms with Gasteiger partial charge in [-0.3, -0.25) is 14.4 Å². The van der Waals surface area contributed by atoms with Gasteiger partial charge in [-0.05, 0) is 186 Å². The van der Waals surface area contributed by atoms with Gasteiger partial charge in [-0.15, -0.1) is 0 Å². The van der Waals surface area contributed by atoms with Gasteiger partial charge in [0, 0.05) is 13.0 Å². The minimum absolute atomic E-state index is 0.0463. The van der Waals surface area contributed by atoms with Crippen LogP contribution in [-0.2, 0) is 38.1 Å². The average Bonchev–Trinajstić information content (AvgIpc) is 3.16. The van der Waals surface area contributed by atoms with Gasteiger partial charge in [0.25, 0.3) is 0 Å². The zero-order chi connectivity index (χ0) is 40.8. The van der Waals surface area contributed by atoms with Crippen LogP contribution in [0.3, 0.4) is 0 Å². The van der Waals surface area contributed by atoms with Crippen molar-refractivity contribution in [1.29, 1.82) is 0 Å². The Bertz CT molecular complexity index is 1670. The number of carboxylic acids is 2. The Morgan fingerprint density at radius 2 is 1.11 bits per heavy atom. The van der Waals surface area contributed by atoms with Crippen LogP contribution in [0.15, 0.2) is 36.4 Å². The summed E-state index contributed by atoms with van der Waals surface area (Å²) < 4.78 is 11.4. The molecule has 57 heavy (non-hydrogen) atoms. The molecule has 6 atom stereocenters. The lowest BCUT2D eigenvalue weighted by atomic mass is 9.50. The molecule has 0 radical (unpaired) electrons. The van der Waals surface area contributed by atoms with Gasteiger partial charge in [0.1, 0.15) is 11.5 Å². The van der Waals surface area contributed by atoms with Gasteiger partial charge >= 0.3 is 24.0 Å². The van der Waals surface area contributed by atoms with E-state index in [1.807, 2.05) is 44.2 Å². The molecule has 2 aromatic carbocycles. The van der Waals surface area contributed by atoms with Gasteiger partial charge in [0.05, 0.1) is 10.8 Å². The molecule has 4 aliphatic rings. The highest BCUT2D eigenvalue weighted by Gasteiger charge is 2.56. The summed E-state index contributed by atoms with van der Waals surface area (Å²) in [5, 5.41) is 29.9. The second kappa shape index (κ2) is 17.9. The molecule has 1 amide bonds. The Hall–Kier alpha value is -3.96. The summed E-state index contributed by atoms with van der Waals surface area (Å²) in [5.41, 5.74) is 2.75. The van der Waals surface area contributed by atoms with Crippen LogP contribution in [0.1, 0.15) is 133 Å². The number of hydrogen-bond donors (Lipinski definition) is 5. The number of aryl methyl sites for hydroxylation is 2. The maximum Gasteiger partial charge on any atom is 0.412 e. The van der Waals surface area contributed by atoms with Crippen LogP contribution in [-0.4, -0.2) is 66.9 Å². The molecule has 0 spiro atoms. The van der Waals surface area contributed by atoms with Crippen molar-refractivity contribution in [2.24, 2.45) is 22.7 Å². The molecular formula is C46H65N3O8. The van der Waals surface area contributed by atoms with Crippen LogP contribution in [0.25, 0.3) is 0 Å². The van der Waals surface area contributed by atoms with Crippen LogP contribution in [0, 0.1) is 22.7 Å². The summed E-state index contributed by atoms with van der Waals surface area (Å²) >= 11 is 0. The second-order valence-electron chi connectivity index (χ2n) is 18.3. The third-order valence-corrected chi connectivity index (χ3v) is 14.6. The lowest BCUT2D eigenvalue weighted by Crippen LogP contribution is -2.52. The highest BCUT2D eigenvalue weighted by Crippen LogP contribution is 2.59. The van der Waals surface area contributed by atoms with Crippen molar-refractivity contribution in [3.05, 3.63) is 58.7 Å². The lowest BCUT2D eigenvalue weighted by molar-refractivity contribution is -0.158. The minimum Gasteiger partial charge on any atom is -0.481 e. The topological polar surface area (TPSA) is 163 Å². The van der Waals surface area contributed by atoms with E-state index in [-0.39, 0.29) is 28.6 Å². The van der Waals surface area contributed by atoms with Crippen molar-refractivity contribution in [1.82, 2.24) is 16.0 Å². The second-order valence-corrected chi connectivity index (χ2v) is 18.3.